The Morgan fingerprint density at radius 2 is 2.23 bits per heavy atom. The number of hydrogen-bond acceptors (Lipinski definition) is 7. The maximum atomic E-state index is 12.3. The van der Waals surface area contributed by atoms with Crippen LogP contribution in [0.4, 0.5) is 5.00 Å². The van der Waals surface area contributed by atoms with Gasteiger partial charge in [0.2, 0.25) is 5.91 Å². The lowest BCUT2D eigenvalue weighted by Gasteiger charge is -2.19. The molecule has 158 valence electrons. The number of thioether (sulfide) groups is 1. The number of nitrogens with zero attached hydrogens (tertiary/aromatic N) is 3. The van der Waals surface area contributed by atoms with Crippen molar-refractivity contribution in [3.05, 3.63) is 33.5 Å². The maximum Gasteiger partial charge on any atom is 0.251 e. The molecule has 0 aromatic carbocycles. The van der Waals surface area contributed by atoms with Gasteiger partial charge < -0.3 is 15.6 Å². The third-order valence-corrected chi connectivity index (χ3v) is 8.42. The van der Waals surface area contributed by atoms with Crippen LogP contribution < -0.4 is 11.1 Å². The Balaban J connectivity index is 1.41. The van der Waals surface area contributed by atoms with Gasteiger partial charge in [0.05, 0.1) is 16.2 Å². The molecule has 0 radical (unpaired) electrons. The highest BCUT2D eigenvalue weighted by Crippen LogP contribution is 2.38. The summed E-state index contributed by atoms with van der Waals surface area (Å²) in [6, 6.07) is 3.86. The van der Waals surface area contributed by atoms with Gasteiger partial charge in [-0.25, -0.2) is 0 Å². The fourth-order valence-electron chi connectivity index (χ4n) is 3.61. The summed E-state index contributed by atoms with van der Waals surface area (Å²) in [6.45, 7) is 2.26. The summed E-state index contributed by atoms with van der Waals surface area (Å²) in [4.78, 5) is 26.3. The van der Waals surface area contributed by atoms with Crippen molar-refractivity contribution in [3.63, 3.8) is 0 Å². The van der Waals surface area contributed by atoms with Gasteiger partial charge in [0, 0.05) is 11.9 Å². The summed E-state index contributed by atoms with van der Waals surface area (Å²) in [5.41, 5.74) is 7.10. The van der Waals surface area contributed by atoms with E-state index in [9.17, 15) is 9.59 Å². The second-order valence-electron chi connectivity index (χ2n) is 7.31. The van der Waals surface area contributed by atoms with E-state index in [4.69, 9.17) is 5.73 Å². The molecule has 1 unspecified atom stereocenters. The molecule has 10 heteroatoms. The van der Waals surface area contributed by atoms with Crippen LogP contribution in [-0.4, -0.2) is 32.3 Å². The number of nitrogens with one attached hydrogen (secondary N) is 1. The summed E-state index contributed by atoms with van der Waals surface area (Å²) < 4.78 is 1.94. The van der Waals surface area contributed by atoms with E-state index in [-0.39, 0.29) is 11.7 Å². The van der Waals surface area contributed by atoms with Gasteiger partial charge in [-0.15, -0.1) is 32.9 Å². The van der Waals surface area contributed by atoms with Crippen LogP contribution in [0, 0.1) is 5.92 Å². The summed E-state index contributed by atoms with van der Waals surface area (Å²) in [7, 11) is 1.92. The highest BCUT2D eigenvalue weighted by molar-refractivity contribution is 7.99. The van der Waals surface area contributed by atoms with Crippen molar-refractivity contribution in [3.8, 4) is 10.7 Å². The van der Waals surface area contributed by atoms with E-state index >= 15 is 0 Å². The Bertz CT molecular complexity index is 1080. The fourth-order valence-corrected chi connectivity index (χ4v) is 6.35. The minimum Gasteiger partial charge on any atom is -0.366 e. The Kier molecular flexibility index (Phi) is 6.26. The number of primary amides is 1. The number of thiophene rings is 2. The smallest absolute Gasteiger partial charge is 0.251 e. The third-order valence-electron chi connectivity index (χ3n) is 5.33. The van der Waals surface area contributed by atoms with Crippen molar-refractivity contribution in [1.29, 1.82) is 0 Å². The molecule has 3 aromatic rings. The van der Waals surface area contributed by atoms with E-state index < -0.39 is 5.91 Å². The van der Waals surface area contributed by atoms with E-state index in [0.29, 0.717) is 15.7 Å². The first-order chi connectivity index (χ1) is 14.5. The number of hydrogen-bond donors (Lipinski definition) is 2. The number of aryl methyl sites for hydroxylation is 1. The van der Waals surface area contributed by atoms with Crippen molar-refractivity contribution in [2.24, 2.45) is 18.7 Å². The molecule has 1 aliphatic carbocycles. The van der Waals surface area contributed by atoms with Gasteiger partial charge in [-0.1, -0.05) is 25.1 Å². The zero-order valence-electron chi connectivity index (χ0n) is 16.8. The van der Waals surface area contributed by atoms with Crippen LogP contribution in [0.25, 0.3) is 10.7 Å². The molecule has 0 fully saturated rings. The first-order valence-electron chi connectivity index (χ1n) is 9.77. The Labute approximate surface area is 187 Å². The first kappa shape index (κ1) is 21.1. The molecular weight excluding hydrogens is 438 g/mol. The average Bonchev–Trinajstić information content (AvgIpc) is 3.43. The Morgan fingerprint density at radius 3 is 3.00 bits per heavy atom. The second kappa shape index (κ2) is 8.91. The van der Waals surface area contributed by atoms with Gasteiger partial charge in [-0.3, -0.25) is 9.59 Å². The summed E-state index contributed by atoms with van der Waals surface area (Å²) in [5.74, 6) is 1.01. The highest BCUT2D eigenvalue weighted by Gasteiger charge is 2.23. The number of fused-ring (bicyclic) bond motifs is 1. The maximum absolute atomic E-state index is 12.3. The average molecular weight is 462 g/mol. The molecule has 3 aromatic heterocycles. The number of aromatic nitrogens is 3. The number of nitrogens with two attached hydrogens (primary N) is 1. The fraction of sp³-hybridized carbons (Fsp3) is 0.400. The quantitative estimate of drug-likeness (QED) is 0.519. The van der Waals surface area contributed by atoms with Gasteiger partial charge >= 0.3 is 0 Å². The van der Waals surface area contributed by atoms with Crippen molar-refractivity contribution in [2.45, 2.75) is 37.8 Å². The molecule has 0 spiro atoms. The van der Waals surface area contributed by atoms with Crippen molar-refractivity contribution < 1.29 is 9.59 Å². The third kappa shape index (κ3) is 4.30. The van der Waals surface area contributed by atoms with Crippen LogP contribution >= 0.6 is 34.4 Å². The lowest BCUT2D eigenvalue weighted by molar-refractivity contribution is -0.113. The largest absolute Gasteiger partial charge is 0.366 e. The number of amides is 2. The molecule has 3 N–H and O–H groups in total. The Hall–Kier alpha value is -2.17. The number of anilines is 1. The molecule has 0 saturated heterocycles. The molecule has 3 heterocycles. The van der Waals surface area contributed by atoms with Crippen molar-refractivity contribution in [1.82, 2.24) is 14.8 Å². The van der Waals surface area contributed by atoms with Gasteiger partial charge in [0.15, 0.2) is 11.0 Å². The minimum absolute atomic E-state index is 0.168. The van der Waals surface area contributed by atoms with Crippen LogP contribution in [-0.2, 0) is 24.7 Å². The zero-order chi connectivity index (χ0) is 21.3. The lowest BCUT2D eigenvalue weighted by Crippen LogP contribution is -2.18. The van der Waals surface area contributed by atoms with E-state index in [1.165, 1.54) is 46.4 Å². The molecule has 0 aliphatic heterocycles. The monoisotopic (exact) mass is 461 g/mol. The molecule has 7 nitrogen and oxygen atoms in total. The van der Waals surface area contributed by atoms with E-state index in [2.05, 4.69) is 28.5 Å². The standard InChI is InChI=1S/C20H23N5O2S3/c1-3-11-4-5-14-12(8-11)9-15(30-14)18-23-24-20(25(18)2)29-10-16(26)22-19-13(17(21)27)6-7-28-19/h6-7,9,11H,3-5,8,10H2,1-2H3,(H2,21,27)(H,22,26). The molecule has 1 atom stereocenters. The first-order valence-corrected chi connectivity index (χ1v) is 12.5. The van der Waals surface area contributed by atoms with Crippen molar-refractivity contribution >= 4 is 51.3 Å². The van der Waals surface area contributed by atoms with E-state index in [1.807, 2.05) is 11.6 Å². The zero-order valence-corrected chi connectivity index (χ0v) is 19.3. The van der Waals surface area contributed by atoms with Crippen LogP contribution in [0.3, 0.4) is 0 Å². The number of carbonyl (C=O) groups is 2. The predicted octanol–water partition coefficient (Wildman–Crippen LogP) is 3.95. The van der Waals surface area contributed by atoms with E-state index in [0.717, 1.165) is 29.5 Å². The summed E-state index contributed by atoms with van der Waals surface area (Å²) in [6.07, 6.45) is 4.79. The van der Waals surface area contributed by atoms with Crippen LogP contribution in [0.1, 0.15) is 40.6 Å². The number of rotatable bonds is 7. The van der Waals surface area contributed by atoms with Gasteiger partial charge in [0.25, 0.3) is 5.91 Å². The van der Waals surface area contributed by atoms with Crippen LogP contribution in [0.2, 0.25) is 0 Å². The van der Waals surface area contributed by atoms with Gasteiger partial charge in [-0.05, 0) is 48.3 Å². The molecule has 2 amide bonds. The van der Waals surface area contributed by atoms with Gasteiger partial charge in [0.1, 0.15) is 5.00 Å². The van der Waals surface area contributed by atoms with Crippen LogP contribution in [0.15, 0.2) is 22.7 Å². The molecule has 0 saturated carbocycles. The SMILES string of the molecule is CCC1CCc2sc(-c3nnc(SCC(=O)Nc4sccc4C(N)=O)n3C)cc2C1. The molecular formula is C20H23N5O2S3. The minimum atomic E-state index is -0.555. The summed E-state index contributed by atoms with van der Waals surface area (Å²) >= 11 is 4.39. The molecule has 30 heavy (non-hydrogen) atoms. The van der Waals surface area contributed by atoms with Gasteiger partial charge in [-0.2, -0.15) is 0 Å². The highest BCUT2D eigenvalue weighted by atomic mass is 32.2. The number of carbonyl (C=O) groups excluding carboxylic acids is 2. The van der Waals surface area contributed by atoms with Crippen LogP contribution in [0.5, 0.6) is 0 Å². The molecule has 1 aliphatic rings. The summed E-state index contributed by atoms with van der Waals surface area (Å²) in [5, 5.41) is 14.3. The second-order valence-corrected chi connectivity index (χ2v) is 10.3. The topological polar surface area (TPSA) is 103 Å². The van der Waals surface area contributed by atoms with E-state index in [1.54, 1.807) is 22.8 Å². The molecule has 0 bridgehead atoms. The molecule has 4 rings (SSSR count). The Morgan fingerprint density at radius 1 is 1.40 bits per heavy atom. The lowest BCUT2D eigenvalue weighted by atomic mass is 9.87. The predicted molar refractivity (Wildman–Crippen MR) is 122 cm³/mol. The van der Waals surface area contributed by atoms with Crippen molar-refractivity contribution in [2.75, 3.05) is 11.1 Å². The normalized spacial score (nSPS) is 15.7.